The molecule has 0 bridgehead atoms. The van der Waals surface area contributed by atoms with Crippen molar-refractivity contribution in [2.45, 2.75) is 44.2 Å². The number of carbonyl (C=O) groups is 2. The van der Waals surface area contributed by atoms with E-state index >= 15 is 0 Å². The molecule has 9 heteroatoms. The number of nitrogens with two attached hydrogens (primary N) is 1. The van der Waals surface area contributed by atoms with Crippen LogP contribution in [-0.4, -0.2) is 33.4 Å². The Balaban J connectivity index is 0.00000196. The van der Waals surface area contributed by atoms with Gasteiger partial charge < -0.3 is 20.9 Å². The third-order valence-corrected chi connectivity index (χ3v) is 4.89. The number of nitrogens with zero attached hydrogens (tertiary/aromatic N) is 2. The molecule has 1 heterocycles. The lowest BCUT2D eigenvalue weighted by Gasteiger charge is -2.28. The Labute approximate surface area is 177 Å². The van der Waals surface area contributed by atoms with Gasteiger partial charge >= 0.3 is 0 Å². The Bertz CT molecular complexity index is 761. The van der Waals surface area contributed by atoms with Crippen molar-refractivity contribution >= 4 is 42.3 Å². The molecule has 7 nitrogen and oxygen atoms in total. The molecule has 3 rings (SSSR count). The molecular formula is C19H27Cl2N5O2. The van der Waals surface area contributed by atoms with E-state index in [9.17, 15) is 9.59 Å². The van der Waals surface area contributed by atoms with Gasteiger partial charge in [0.1, 0.15) is 0 Å². The molecule has 4 N–H and O–H groups in total. The Kier molecular flexibility index (Phi) is 9.45. The van der Waals surface area contributed by atoms with Crippen LogP contribution in [0.15, 0.2) is 43.0 Å². The lowest BCUT2D eigenvalue weighted by molar-refractivity contribution is -0.116. The number of hydrogen-bond donors (Lipinski definition) is 3. The molecule has 2 aromatic rings. The van der Waals surface area contributed by atoms with Crippen molar-refractivity contribution in [3.8, 4) is 0 Å². The van der Waals surface area contributed by atoms with E-state index in [0.717, 1.165) is 25.7 Å². The molecule has 154 valence electrons. The molecule has 0 unspecified atom stereocenters. The number of halogens is 2. The fourth-order valence-corrected chi connectivity index (χ4v) is 3.36. The number of aromatic nitrogens is 2. The molecule has 1 aromatic carbocycles. The topological polar surface area (TPSA) is 102 Å². The van der Waals surface area contributed by atoms with Gasteiger partial charge in [-0.05, 0) is 31.0 Å². The maximum absolute atomic E-state index is 12.6. The normalized spacial score (nSPS) is 14.5. The molecule has 1 aromatic heterocycles. The number of benzene rings is 1. The van der Waals surface area contributed by atoms with Crippen LogP contribution in [0.25, 0.3) is 0 Å². The molecule has 0 spiro atoms. The third-order valence-electron chi connectivity index (χ3n) is 4.89. The van der Waals surface area contributed by atoms with Gasteiger partial charge in [-0.2, -0.15) is 0 Å². The predicted molar refractivity (Wildman–Crippen MR) is 114 cm³/mol. The van der Waals surface area contributed by atoms with Crippen molar-refractivity contribution in [1.82, 2.24) is 14.9 Å². The summed E-state index contributed by atoms with van der Waals surface area (Å²) in [6.07, 6.45) is 9.51. The summed E-state index contributed by atoms with van der Waals surface area (Å²) in [5.41, 5.74) is 6.73. The van der Waals surface area contributed by atoms with Crippen LogP contribution in [0.1, 0.15) is 42.5 Å². The fraction of sp³-hybridized carbons (Fsp3) is 0.421. The molecule has 0 atom stereocenters. The average molecular weight is 428 g/mol. The molecule has 1 fully saturated rings. The lowest BCUT2D eigenvalue weighted by Crippen LogP contribution is -2.51. The Hall–Kier alpha value is -2.09. The van der Waals surface area contributed by atoms with Crippen molar-refractivity contribution in [2.75, 3.05) is 11.9 Å². The number of nitrogens with one attached hydrogen (secondary N) is 2. The zero-order chi connectivity index (χ0) is 18.4. The summed E-state index contributed by atoms with van der Waals surface area (Å²) in [5, 5.41) is 5.94. The van der Waals surface area contributed by atoms with E-state index in [1.54, 1.807) is 36.8 Å². The van der Waals surface area contributed by atoms with E-state index in [4.69, 9.17) is 5.73 Å². The second kappa shape index (κ2) is 11.0. The number of amides is 2. The zero-order valence-electron chi connectivity index (χ0n) is 15.6. The van der Waals surface area contributed by atoms with Crippen LogP contribution in [0.2, 0.25) is 0 Å². The first-order chi connectivity index (χ1) is 12.6. The van der Waals surface area contributed by atoms with E-state index < -0.39 is 0 Å². The molecule has 2 amide bonds. The monoisotopic (exact) mass is 427 g/mol. The summed E-state index contributed by atoms with van der Waals surface area (Å²) in [6.45, 7) is 1.01. The first-order valence-electron chi connectivity index (χ1n) is 8.98. The summed E-state index contributed by atoms with van der Waals surface area (Å²) in [7, 11) is 0. The van der Waals surface area contributed by atoms with Crippen LogP contribution in [0, 0.1) is 0 Å². The smallest absolute Gasteiger partial charge is 0.251 e. The zero-order valence-corrected chi connectivity index (χ0v) is 17.2. The van der Waals surface area contributed by atoms with Crippen molar-refractivity contribution in [3.63, 3.8) is 0 Å². The van der Waals surface area contributed by atoms with E-state index in [1.807, 2.05) is 10.8 Å². The van der Waals surface area contributed by atoms with Gasteiger partial charge in [0, 0.05) is 43.2 Å². The molecule has 0 aliphatic heterocycles. The highest BCUT2D eigenvalue weighted by molar-refractivity contribution is 5.97. The van der Waals surface area contributed by atoms with E-state index in [2.05, 4.69) is 15.6 Å². The second-order valence-electron chi connectivity index (χ2n) is 6.83. The van der Waals surface area contributed by atoms with Crippen LogP contribution in [0.4, 0.5) is 5.69 Å². The number of anilines is 1. The minimum atomic E-state index is -0.291. The van der Waals surface area contributed by atoms with Gasteiger partial charge in [-0.25, -0.2) is 4.98 Å². The molecule has 1 saturated carbocycles. The minimum Gasteiger partial charge on any atom is -0.345 e. The maximum atomic E-state index is 12.6. The van der Waals surface area contributed by atoms with Crippen LogP contribution in [0.5, 0.6) is 0 Å². The fourth-order valence-electron chi connectivity index (χ4n) is 3.36. The standard InChI is InChI=1S/C19H25N5O2.2ClH/c20-13-19(7-1-2-8-19)23-18(26)15-4-3-5-16(12-15)22-17(25)6-10-24-11-9-21-14-24;;/h3-5,9,11-12,14H,1-2,6-8,10,13,20H2,(H,22,25)(H,23,26);2*1H. The van der Waals surface area contributed by atoms with Crippen molar-refractivity contribution in [3.05, 3.63) is 48.5 Å². The first-order valence-corrected chi connectivity index (χ1v) is 8.98. The number of carbonyl (C=O) groups excluding carboxylic acids is 2. The van der Waals surface area contributed by atoms with Crippen LogP contribution in [0.3, 0.4) is 0 Å². The number of hydrogen-bond acceptors (Lipinski definition) is 4. The molecule has 1 aliphatic carbocycles. The highest BCUT2D eigenvalue weighted by Crippen LogP contribution is 2.29. The third kappa shape index (κ3) is 6.22. The first kappa shape index (κ1) is 23.9. The van der Waals surface area contributed by atoms with Gasteiger partial charge in [-0.3, -0.25) is 9.59 Å². The van der Waals surface area contributed by atoms with E-state index in [1.165, 1.54) is 0 Å². The lowest BCUT2D eigenvalue weighted by atomic mass is 9.97. The van der Waals surface area contributed by atoms with Crippen LogP contribution < -0.4 is 16.4 Å². The van der Waals surface area contributed by atoms with Gasteiger partial charge in [0.2, 0.25) is 5.91 Å². The van der Waals surface area contributed by atoms with Gasteiger partial charge in [-0.15, -0.1) is 24.8 Å². The largest absolute Gasteiger partial charge is 0.345 e. The summed E-state index contributed by atoms with van der Waals surface area (Å²) < 4.78 is 1.84. The van der Waals surface area contributed by atoms with Gasteiger partial charge in [0.15, 0.2) is 0 Å². The number of imidazole rings is 1. The maximum Gasteiger partial charge on any atom is 0.251 e. The Morgan fingerprint density at radius 3 is 2.61 bits per heavy atom. The van der Waals surface area contributed by atoms with Crippen LogP contribution >= 0.6 is 24.8 Å². The van der Waals surface area contributed by atoms with Crippen LogP contribution in [-0.2, 0) is 11.3 Å². The van der Waals surface area contributed by atoms with Crippen molar-refractivity contribution < 1.29 is 9.59 Å². The average Bonchev–Trinajstić information content (AvgIpc) is 3.32. The molecular weight excluding hydrogens is 401 g/mol. The quantitative estimate of drug-likeness (QED) is 0.631. The summed E-state index contributed by atoms with van der Waals surface area (Å²) in [4.78, 5) is 28.6. The molecule has 0 saturated heterocycles. The highest BCUT2D eigenvalue weighted by atomic mass is 35.5. The Morgan fingerprint density at radius 1 is 1.21 bits per heavy atom. The number of aryl methyl sites for hydroxylation is 1. The molecule has 0 radical (unpaired) electrons. The summed E-state index contributed by atoms with van der Waals surface area (Å²) >= 11 is 0. The summed E-state index contributed by atoms with van der Waals surface area (Å²) in [6, 6.07) is 6.99. The van der Waals surface area contributed by atoms with Crippen molar-refractivity contribution in [1.29, 1.82) is 0 Å². The van der Waals surface area contributed by atoms with E-state index in [-0.39, 0.29) is 42.2 Å². The highest BCUT2D eigenvalue weighted by Gasteiger charge is 2.34. The second-order valence-corrected chi connectivity index (χ2v) is 6.83. The molecule has 28 heavy (non-hydrogen) atoms. The SMILES string of the molecule is Cl.Cl.NCC1(NC(=O)c2cccc(NC(=O)CCn3ccnc3)c2)CCCC1. The van der Waals surface area contributed by atoms with Crippen molar-refractivity contribution in [2.24, 2.45) is 5.73 Å². The van der Waals surface area contributed by atoms with E-state index in [0.29, 0.717) is 30.8 Å². The van der Waals surface area contributed by atoms with Gasteiger partial charge in [0.05, 0.1) is 11.9 Å². The minimum absolute atomic E-state index is 0. The predicted octanol–water partition coefficient (Wildman–Crippen LogP) is 2.76. The number of rotatable bonds is 7. The van der Waals surface area contributed by atoms with Gasteiger partial charge in [0.25, 0.3) is 5.91 Å². The Morgan fingerprint density at radius 2 is 1.96 bits per heavy atom. The van der Waals surface area contributed by atoms with Gasteiger partial charge in [-0.1, -0.05) is 18.9 Å². The summed E-state index contributed by atoms with van der Waals surface area (Å²) in [5.74, 6) is -0.252. The molecule has 1 aliphatic rings.